The molecule has 4 heteroatoms. The molecule has 0 aromatic heterocycles. The molecule has 1 radical (unpaired) electrons. The van der Waals surface area contributed by atoms with Crippen molar-refractivity contribution in [2.45, 2.75) is 6.18 Å². The van der Waals surface area contributed by atoms with Crippen LogP contribution < -0.4 is 0 Å². The van der Waals surface area contributed by atoms with Crippen molar-refractivity contribution in [2.24, 2.45) is 0 Å². The van der Waals surface area contributed by atoms with Gasteiger partial charge in [-0.1, -0.05) is 0 Å². The van der Waals surface area contributed by atoms with Crippen LogP contribution in [0.25, 0.3) is 0 Å². The molecule has 0 aliphatic heterocycles. The summed E-state index contributed by atoms with van der Waals surface area (Å²) >= 11 is 0. The quantitative estimate of drug-likeness (QED) is 0.642. The summed E-state index contributed by atoms with van der Waals surface area (Å²) in [5, 5.41) is 8.88. The monoisotopic (exact) mass is 175 g/mol. The van der Waals surface area contributed by atoms with Gasteiger partial charge >= 0.3 is 6.18 Å². The normalized spacial score (nSPS) is 11.7. The molecule has 1 aromatic rings. The first-order chi connectivity index (χ1) is 5.41. The minimum atomic E-state index is -4.37. The van der Waals surface area contributed by atoms with E-state index in [2.05, 4.69) is 6.92 Å². The molecule has 0 heterocycles. The third-order valence-corrected chi connectivity index (χ3v) is 1.41. The van der Waals surface area contributed by atoms with Gasteiger partial charge in [0.15, 0.2) is 0 Å². The summed E-state index contributed by atoms with van der Waals surface area (Å²) in [7, 11) is 0. The lowest BCUT2D eigenvalue weighted by Gasteiger charge is -2.07. The largest absolute Gasteiger partial charge is 0.508 e. The molecule has 0 aliphatic carbocycles. The Morgan fingerprint density at radius 2 is 1.83 bits per heavy atom. The predicted molar refractivity (Wildman–Crippen MR) is 37.6 cm³/mol. The van der Waals surface area contributed by atoms with Crippen LogP contribution in [0.15, 0.2) is 18.2 Å². The van der Waals surface area contributed by atoms with Gasteiger partial charge in [-0.15, -0.1) is 0 Å². The van der Waals surface area contributed by atoms with Crippen LogP contribution in [0.1, 0.15) is 11.1 Å². The van der Waals surface area contributed by atoms with Gasteiger partial charge in [0, 0.05) is 0 Å². The zero-order valence-corrected chi connectivity index (χ0v) is 6.02. The number of benzene rings is 1. The Bertz CT molecular complexity index is 291. The second kappa shape index (κ2) is 2.69. The highest BCUT2D eigenvalue weighted by Crippen LogP contribution is 2.31. The summed E-state index contributed by atoms with van der Waals surface area (Å²) in [4.78, 5) is 0. The molecule has 0 unspecified atom stereocenters. The summed E-state index contributed by atoms with van der Waals surface area (Å²) in [6, 6.07) is 2.59. The summed E-state index contributed by atoms with van der Waals surface area (Å²) in [5.41, 5.74) is -0.824. The van der Waals surface area contributed by atoms with E-state index in [1.165, 1.54) is 0 Å². The fraction of sp³-hybridized carbons (Fsp3) is 0.125. The fourth-order valence-electron chi connectivity index (χ4n) is 0.762. The molecule has 0 atom stereocenters. The molecule has 1 nitrogen and oxygen atoms in total. The molecule has 0 spiro atoms. The van der Waals surface area contributed by atoms with E-state index >= 15 is 0 Å². The van der Waals surface area contributed by atoms with E-state index < -0.39 is 11.7 Å². The summed E-state index contributed by atoms with van der Waals surface area (Å²) in [6.07, 6.45) is -4.37. The van der Waals surface area contributed by atoms with E-state index in [9.17, 15) is 13.2 Å². The minimum absolute atomic E-state index is 0.0233. The Morgan fingerprint density at radius 1 is 1.25 bits per heavy atom. The highest BCUT2D eigenvalue weighted by atomic mass is 19.4. The van der Waals surface area contributed by atoms with Crippen molar-refractivity contribution in [2.75, 3.05) is 0 Å². The molecule has 0 fully saturated rings. The highest BCUT2D eigenvalue weighted by Gasteiger charge is 2.30. The average Bonchev–Trinajstić information content (AvgIpc) is 1.92. The number of halogens is 3. The molecule has 65 valence electrons. The number of rotatable bonds is 0. The van der Waals surface area contributed by atoms with Gasteiger partial charge in [0.05, 0.1) is 5.56 Å². The van der Waals surface area contributed by atoms with Gasteiger partial charge in [0.1, 0.15) is 5.75 Å². The van der Waals surface area contributed by atoms with E-state index in [1.54, 1.807) is 0 Å². The third kappa shape index (κ3) is 1.69. The Kier molecular flexibility index (Phi) is 2.00. The number of hydrogen-bond acceptors (Lipinski definition) is 1. The van der Waals surface area contributed by atoms with Crippen LogP contribution in [0.2, 0.25) is 0 Å². The van der Waals surface area contributed by atoms with Crippen molar-refractivity contribution in [3.63, 3.8) is 0 Å². The van der Waals surface area contributed by atoms with E-state index in [-0.39, 0.29) is 11.3 Å². The Hall–Kier alpha value is -1.19. The predicted octanol–water partition coefficient (Wildman–Crippen LogP) is 2.59. The Morgan fingerprint density at radius 3 is 2.25 bits per heavy atom. The number of phenolic OH excluding ortho intramolecular Hbond substituents is 1. The molecule has 1 N–H and O–H groups in total. The summed E-state index contributed by atoms with van der Waals surface area (Å²) in [6.45, 7) is 3.24. The number of phenols is 1. The van der Waals surface area contributed by atoms with Crippen LogP contribution in [0, 0.1) is 6.92 Å². The van der Waals surface area contributed by atoms with E-state index in [1.807, 2.05) is 0 Å². The van der Waals surface area contributed by atoms with Gasteiger partial charge in [-0.3, -0.25) is 0 Å². The van der Waals surface area contributed by atoms with E-state index in [4.69, 9.17) is 5.11 Å². The first-order valence-electron chi connectivity index (χ1n) is 3.13. The van der Waals surface area contributed by atoms with Gasteiger partial charge < -0.3 is 5.11 Å². The van der Waals surface area contributed by atoms with Gasteiger partial charge in [0.2, 0.25) is 0 Å². The van der Waals surface area contributed by atoms with Crippen molar-refractivity contribution >= 4 is 0 Å². The van der Waals surface area contributed by atoms with Crippen molar-refractivity contribution < 1.29 is 18.3 Å². The molecule has 0 bridgehead atoms. The van der Waals surface area contributed by atoms with Gasteiger partial charge in [-0.25, -0.2) is 0 Å². The maximum Gasteiger partial charge on any atom is 0.416 e. The number of alkyl halides is 3. The Labute approximate surface area is 67.5 Å². The molecule has 12 heavy (non-hydrogen) atoms. The second-order valence-electron chi connectivity index (χ2n) is 2.34. The maximum atomic E-state index is 12.0. The smallest absolute Gasteiger partial charge is 0.416 e. The lowest BCUT2D eigenvalue weighted by Crippen LogP contribution is -2.04. The van der Waals surface area contributed by atoms with Crippen LogP contribution in [0.4, 0.5) is 13.2 Å². The van der Waals surface area contributed by atoms with Gasteiger partial charge in [0.25, 0.3) is 0 Å². The first-order valence-corrected chi connectivity index (χ1v) is 3.13. The van der Waals surface area contributed by atoms with Crippen molar-refractivity contribution in [1.82, 2.24) is 0 Å². The van der Waals surface area contributed by atoms with Gasteiger partial charge in [-0.05, 0) is 30.7 Å². The van der Waals surface area contributed by atoms with Crippen LogP contribution in [-0.4, -0.2) is 5.11 Å². The van der Waals surface area contributed by atoms with Crippen LogP contribution in [0.5, 0.6) is 5.75 Å². The fourth-order valence-corrected chi connectivity index (χ4v) is 0.762. The summed E-state index contributed by atoms with van der Waals surface area (Å²) in [5.74, 6) is -0.233. The van der Waals surface area contributed by atoms with Crippen molar-refractivity contribution in [1.29, 1.82) is 0 Å². The minimum Gasteiger partial charge on any atom is -0.508 e. The summed E-state index contributed by atoms with van der Waals surface area (Å²) < 4.78 is 36.0. The molecule has 1 rings (SSSR count). The number of hydrogen-bond donors (Lipinski definition) is 1. The second-order valence-corrected chi connectivity index (χ2v) is 2.34. The lowest BCUT2D eigenvalue weighted by atomic mass is 10.1. The SMILES string of the molecule is [CH2]c1cc(C(F)(F)F)ccc1O. The van der Waals surface area contributed by atoms with Crippen molar-refractivity contribution in [3.05, 3.63) is 36.2 Å². The van der Waals surface area contributed by atoms with Crippen molar-refractivity contribution in [3.8, 4) is 5.75 Å². The molecule has 1 aromatic carbocycles. The van der Waals surface area contributed by atoms with E-state index in [0.717, 1.165) is 18.2 Å². The molecule has 0 saturated heterocycles. The van der Waals surface area contributed by atoms with Crippen LogP contribution >= 0.6 is 0 Å². The average molecular weight is 175 g/mol. The Balaban J connectivity index is 3.14. The molecular weight excluding hydrogens is 169 g/mol. The highest BCUT2D eigenvalue weighted by molar-refractivity contribution is 5.38. The first kappa shape index (κ1) is 8.90. The lowest BCUT2D eigenvalue weighted by molar-refractivity contribution is -0.137. The van der Waals surface area contributed by atoms with E-state index in [0.29, 0.717) is 0 Å². The number of aromatic hydroxyl groups is 1. The zero-order chi connectivity index (χ0) is 9.35. The van der Waals surface area contributed by atoms with Crippen LogP contribution in [0.3, 0.4) is 0 Å². The zero-order valence-electron chi connectivity index (χ0n) is 6.02. The maximum absolute atomic E-state index is 12.0. The van der Waals surface area contributed by atoms with Crippen LogP contribution in [-0.2, 0) is 6.18 Å². The standard InChI is InChI=1S/C8H6F3O/c1-5-4-6(8(9,10)11)2-3-7(5)12/h2-4,12H,1H2. The van der Waals surface area contributed by atoms with Gasteiger partial charge in [-0.2, -0.15) is 13.2 Å². The topological polar surface area (TPSA) is 20.2 Å². The molecule has 0 saturated carbocycles. The molecular formula is C8H6F3O. The molecule has 0 aliphatic rings. The molecule has 0 amide bonds. The third-order valence-electron chi connectivity index (χ3n) is 1.41.